The fourth-order valence-electron chi connectivity index (χ4n) is 2.12. The van der Waals surface area contributed by atoms with Crippen LogP contribution in [0.1, 0.15) is 5.56 Å². The van der Waals surface area contributed by atoms with Gasteiger partial charge in [0, 0.05) is 19.2 Å². The third-order valence-corrected chi connectivity index (χ3v) is 3.30. The predicted molar refractivity (Wildman–Crippen MR) is 84.7 cm³/mol. The molecule has 1 amide bonds. The van der Waals surface area contributed by atoms with Crippen LogP contribution in [-0.4, -0.2) is 35.3 Å². The van der Waals surface area contributed by atoms with E-state index < -0.39 is 23.8 Å². The van der Waals surface area contributed by atoms with Crippen LogP contribution in [0.15, 0.2) is 48.5 Å². The maximum atomic E-state index is 13.1. The Balaban J connectivity index is 1.89. The van der Waals surface area contributed by atoms with Crippen LogP contribution in [0.2, 0.25) is 0 Å². The van der Waals surface area contributed by atoms with Crippen molar-refractivity contribution in [3.05, 3.63) is 65.7 Å². The molecule has 3 N–H and O–H groups in total. The van der Waals surface area contributed by atoms with Crippen molar-refractivity contribution in [1.82, 2.24) is 4.90 Å². The summed E-state index contributed by atoms with van der Waals surface area (Å²) >= 11 is 0. The highest BCUT2D eigenvalue weighted by Crippen LogP contribution is 2.15. The van der Waals surface area contributed by atoms with Crippen LogP contribution in [0.25, 0.3) is 0 Å². The van der Waals surface area contributed by atoms with Gasteiger partial charge >= 0.3 is 6.09 Å². The van der Waals surface area contributed by atoms with Gasteiger partial charge in [0.2, 0.25) is 0 Å². The molecular formula is C17H18F2N2O3. The summed E-state index contributed by atoms with van der Waals surface area (Å²) in [7, 11) is 0. The second-order valence-corrected chi connectivity index (χ2v) is 5.30. The molecule has 2 aromatic carbocycles. The molecule has 1 unspecified atom stereocenters. The summed E-state index contributed by atoms with van der Waals surface area (Å²) in [6.45, 7) is 0.229. The Hall–Kier alpha value is -2.67. The zero-order valence-corrected chi connectivity index (χ0v) is 12.9. The molecule has 24 heavy (non-hydrogen) atoms. The molecule has 0 saturated carbocycles. The van der Waals surface area contributed by atoms with Gasteiger partial charge in [-0.15, -0.1) is 0 Å². The lowest BCUT2D eigenvalue weighted by Gasteiger charge is -2.23. The number of rotatable bonds is 7. The summed E-state index contributed by atoms with van der Waals surface area (Å²) in [6, 6.07) is 11.7. The van der Waals surface area contributed by atoms with Crippen molar-refractivity contribution in [2.45, 2.75) is 12.6 Å². The number of halogens is 2. The van der Waals surface area contributed by atoms with E-state index in [0.29, 0.717) is 0 Å². The molecule has 0 aliphatic carbocycles. The number of carbonyl (C=O) groups is 1. The minimum atomic E-state index is -1.10. The quantitative estimate of drug-likeness (QED) is 0.815. The second-order valence-electron chi connectivity index (χ2n) is 5.30. The topological polar surface area (TPSA) is 75.8 Å². The van der Waals surface area contributed by atoms with Crippen molar-refractivity contribution in [3.63, 3.8) is 0 Å². The Bertz CT molecular complexity index is 683. The van der Waals surface area contributed by atoms with E-state index in [2.05, 4.69) is 0 Å². The normalized spacial score (nSPS) is 11.8. The molecule has 0 fully saturated rings. The number of ether oxygens (including phenoxy) is 1. The number of hydrogen-bond acceptors (Lipinski definition) is 3. The van der Waals surface area contributed by atoms with Crippen molar-refractivity contribution < 1.29 is 23.4 Å². The molecule has 1 atom stereocenters. The molecular weight excluding hydrogens is 318 g/mol. The molecule has 0 saturated heterocycles. The summed E-state index contributed by atoms with van der Waals surface area (Å²) in [5.41, 5.74) is 6.73. The average molecular weight is 336 g/mol. The average Bonchev–Trinajstić information content (AvgIpc) is 2.56. The van der Waals surface area contributed by atoms with E-state index in [4.69, 9.17) is 10.5 Å². The molecule has 0 aliphatic heterocycles. The molecule has 128 valence electrons. The van der Waals surface area contributed by atoms with Crippen molar-refractivity contribution in [2.75, 3.05) is 13.2 Å². The van der Waals surface area contributed by atoms with Gasteiger partial charge in [-0.25, -0.2) is 13.6 Å². The summed E-state index contributed by atoms with van der Waals surface area (Å²) in [5.74, 6) is -1.85. The molecule has 5 nitrogen and oxygen atoms in total. The van der Waals surface area contributed by atoms with E-state index in [9.17, 15) is 18.7 Å². The molecule has 0 radical (unpaired) electrons. The van der Waals surface area contributed by atoms with Gasteiger partial charge in [-0.2, -0.15) is 0 Å². The first kappa shape index (κ1) is 17.7. The lowest BCUT2D eigenvalue weighted by Crippen LogP contribution is -2.43. The van der Waals surface area contributed by atoms with Gasteiger partial charge in [0.15, 0.2) is 11.6 Å². The monoisotopic (exact) mass is 336 g/mol. The Morgan fingerprint density at radius 1 is 1.17 bits per heavy atom. The van der Waals surface area contributed by atoms with Crippen LogP contribution in [0.3, 0.4) is 0 Å². The number of hydrogen-bond donors (Lipinski definition) is 2. The minimum Gasteiger partial charge on any atom is -0.492 e. The lowest BCUT2D eigenvalue weighted by atomic mass is 10.2. The Kier molecular flexibility index (Phi) is 6.08. The smallest absolute Gasteiger partial charge is 0.407 e. The highest BCUT2D eigenvalue weighted by atomic mass is 19.2. The third-order valence-electron chi connectivity index (χ3n) is 3.30. The summed E-state index contributed by atoms with van der Waals surface area (Å²) in [6.07, 6.45) is -1.10. The molecule has 0 heterocycles. The third kappa shape index (κ3) is 5.20. The predicted octanol–water partition coefficient (Wildman–Crippen LogP) is 2.85. The molecule has 2 aromatic rings. The van der Waals surface area contributed by atoms with Crippen molar-refractivity contribution in [2.24, 2.45) is 5.73 Å². The Morgan fingerprint density at radius 3 is 2.50 bits per heavy atom. The van der Waals surface area contributed by atoms with Crippen LogP contribution < -0.4 is 10.5 Å². The van der Waals surface area contributed by atoms with E-state index in [1.807, 2.05) is 30.3 Å². The number of carboxylic acid groups (broad SMARTS) is 1. The molecule has 0 aromatic heterocycles. The van der Waals surface area contributed by atoms with Crippen molar-refractivity contribution in [3.8, 4) is 5.75 Å². The number of amides is 1. The van der Waals surface area contributed by atoms with Gasteiger partial charge < -0.3 is 20.5 Å². The van der Waals surface area contributed by atoms with E-state index in [0.717, 1.165) is 17.7 Å². The van der Waals surface area contributed by atoms with E-state index in [-0.39, 0.29) is 25.4 Å². The van der Waals surface area contributed by atoms with Gasteiger partial charge in [0.05, 0.1) is 6.04 Å². The maximum Gasteiger partial charge on any atom is 0.407 e. The summed E-state index contributed by atoms with van der Waals surface area (Å²) in [4.78, 5) is 12.5. The maximum absolute atomic E-state index is 13.1. The molecule has 0 spiro atoms. The Morgan fingerprint density at radius 2 is 1.88 bits per heavy atom. The van der Waals surface area contributed by atoms with Gasteiger partial charge in [-0.1, -0.05) is 30.3 Å². The first-order valence-electron chi connectivity index (χ1n) is 7.31. The van der Waals surface area contributed by atoms with E-state index in [1.165, 1.54) is 11.0 Å². The minimum absolute atomic E-state index is 0.0242. The van der Waals surface area contributed by atoms with Gasteiger partial charge in [-0.3, -0.25) is 0 Å². The second kappa shape index (κ2) is 8.26. The van der Waals surface area contributed by atoms with Crippen LogP contribution in [0.5, 0.6) is 5.75 Å². The van der Waals surface area contributed by atoms with Crippen molar-refractivity contribution in [1.29, 1.82) is 0 Å². The fourth-order valence-corrected chi connectivity index (χ4v) is 2.12. The lowest BCUT2D eigenvalue weighted by molar-refractivity contribution is 0.134. The zero-order chi connectivity index (χ0) is 17.5. The van der Waals surface area contributed by atoms with Gasteiger partial charge in [-0.05, 0) is 17.7 Å². The highest BCUT2D eigenvalue weighted by molar-refractivity contribution is 5.65. The summed E-state index contributed by atoms with van der Waals surface area (Å²) < 4.78 is 31.2. The molecule has 2 rings (SSSR count). The number of nitrogens with two attached hydrogens (primary N) is 1. The largest absolute Gasteiger partial charge is 0.492 e. The first-order chi connectivity index (χ1) is 11.5. The van der Waals surface area contributed by atoms with Crippen LogP contribution in [-0.2, 0) is 6.54 Å². The Labute approximate surface area is 138 Å². The van der Waals surface area contributed by atoms with Crippen molar-refractivity contribution >= 4 is 6.09 Å². The molecule has 7 heteroatoms. The number of benzene rings is 2. The fraction of sp³-hybridized carbons (Fsp3) is 0.235. The molecule has 0 bridgehead atoms. The van der Waals surface area contributed by atoms with Gasteiger partial charge in [0.1, 0.15) is 12.4 Å². The standard InChI is InChI=1S/C17H18F2N2O3/c18-15-7-6-14(8-16(15)19)24-11-13(20)10-21(17(22)23)9-12-4-2-1-3-5-12/h1-8,13H,9-11,20H2,(H,22,23). The van der Waals surface area contributed by atoms with Gasteiger partial charge in [0.25, 0.3) is 0 Å². The van der Waals surface area contributed by atoms with E-state index >= 15 is 0 Å². The van der Waals surface area contributed by atoms with E-state index in [1.54, 1.807) is 0 Å². The molecule has 0 aliphatic rings. The summed E-state index contributed by atoms with van der Waals surface area (Å²) in [5, 5.41) is 9.27. The SMILES string of the molecule is NC(COc1ccc(F)c(F)c1)CN(Cc1ccccc1)C(=O)O. The van der Waals surface area contributed by atoms with Crippen LogP contribution in [0, 0.1) is 11.6 Å². The zero-order valence-electron chi connectivity index (χ0n) is 12.9. The van der Waals surface area contributed by atoms with Crippen LogP contribution in [0.4, 0.5) is 13.6 Å². The first-order valence-corrected chi connectivity index (χ1v) is 7.31. The number of nitrogens with zero attached hydrogens (tertiary/aromatic N) is 1. The van der Waals surface area contributed by atoms with Crippen LogP contribution >= 0.6 is 0 Å². The highest BCUT2D eigenvalue weighted by Gasteiger charge is 2.17.